The highest BCUT2D eigenvalue weighted by atomic mass is 79.9. The van der Waals surface area contributed by atoms with Crippen LogP contribution in [-0.2, 0) is 0 Å². The number of aromatic nitrogens is 1. The zero-order valence-corrected chi connectivity index (χ0v) is 12.1. The lowest BCUT2D eigenvalue weighted by Gasteiger charge is -2.22. The van der Waals surface area contributed by atoms with Crippen molar-refractivity contribution in [1.82, 2.24) is 4.98 Å². The Morgan fingerprint density at radius 2 is 2.24 bits per heavy atom. The summed E-state index contributed by atoms with van der Waals surface area (Å²) in [7, 11) is 0. The minimum Gasteiger partial charge on any atom is -0.370 e. The van der Waals surface area contributed by atoms with E-state index in [1.54, 1.807) is 0 Å². The third-order valence-electron chi connectivity index (χ3n) is 3.60. The average Bonchev–Trinajstić information content (AvgIpc) is 2.55. The molecule has 1 fully saturated rings. The van der Waals surface area contributed by atoms with Crippen LogP contribution < -0.4 is 4.90 Å². The van der Waals surface area contributed by atoms with Gasteiger partial charge in [0.25, 0.3) is 0 Å². The highest BCUT2D eigenvalue weighted by Crippen LogP contribution is 2.26. The Morgan fingerprint density at radius 3 is 3.00 bits per heavy atom. The first-order valence-corrected chi connectivity index (χ1v) is 7.44. The van der Waals surface area contributed by atoms with E-state index in [9.17, 15) is 0 Å². The molecular weight excluding hydrogens is 276 g/mol. The van der Waals surface area contributed by atoms with Crippen LogP contribution in [-0.4, -0.2) is 18.1 Å². The lowest BCUT2D eigenvalue weighted by Crippen LogP contribution is -2.24. The molecule has 0 amide bonds. The Hall–Kier alpha value is -0.570. The van der Waals surface area contributed by atoms with Gasteiger partial charge in [-0.1, -0.05) is 19.8 Å². The maximum Gasteiger partial charge on any atom is 0.0564 e. The first kappa shape index (κ1) is 12.9. The Labute approximate surface area is 113 Å². The number of rotatable bonds is 3. The molecule has 2 nitrogen and oxygen atoms in total. The number of hydrogen-bond donors (Lipinski definition) is 0. The second kappa shape index (κ2) is 6.39. The molecule has 0 bridgehead atoms. The smallest absolute Gasteiger partial charge is 0.0564 e. The van der Waals surface area contributed by atoms with E-state index < -0.39 is 0 Å². The molecule has 94 valence electrons. The summed E-state index contributed by atoms with van der Waals surface area (Å²) < 4.78 is 1.07. The molecule has 0 aliphatic carbocycles. The van der Waals surface area contributed by atoms with Gasteiger partial charge in [0.15, 0.2) is 0 Å². The predicted octanol–water partition coefficient (Wildman–Crippen LogP) is 4.25. The fourth-order valence-electron chi connectivity index (χ4n) is 2.69. The molecule has 17 heavy (non-hydrogen) atoms. The summed E-state index contributed by atoms with van der Waals surface area (Å²) in [6, 6.07) is 2.17. The Morgan fingerprint density at radius 1 is 1.35 bits per heavy atom. The van der Waals surface area contributed by atoms with Crippen LogP contribution in [0, 0.1) is 5.92 Å². The molecule has 0 saturated carbocycles. The zero-order chi connectivity index (χ0) is 12.1. The topological polar surface area (TPSA) is 16.1 Å². The molecule has 0 aromatic carbocycles. The van der Waals surface area contributed by atoms with E-state index in [0.29, 0.717) is 0 Å². The molecule has 1 aliphatic rings. The van der Waals surface area contributed by atoms with Gasteiger partial charge in [0, 0.05) is 23.8 Å². The quantitative estimate of drug-likeness (QED) is 0.829. The summed E-state index contributed by atoms with van der Waals surface area (Å²) in [5.74, 6) is 0.935. The summed E-state index contributed by atoms with van der Waals surface area (Å²) in [5.41, 5.74) is 1.26. The first-order chi connectivity index (χ1) is 8.29. The van der Waals surface area contributed by atoms with E-state index >= 15 is 0 Å². The van der Waals surface area contributed by atoms with Crippen molar-refractivity contribution in [2.45, 2.75) is 39.0 Å². The van der Waals surface area contributed by atoms with E-state index in [0.717, 1.165) is 10.4 Å². The van der Waals surface area contributed by atoms with Gasteiger partial charge in [-0.2, -0.15) is 0 Å². The van der Waals surface area contributed by atoms with Crippen molar-refractivity contribution in [3.05, 3.63) is 22.9 Å². The van der Waals surface area contributed by atoms with Crippen LogP contribution >= 0.6 is 15.9 Å². The molecule has 3 heteroatoms. The summed E-state index contributed by atoms with van der Waals surface area (Å²) in [5, 5.41) is 0. The van der Waals surface area contributed by atoms with E-state index in [1.807, 2.05) is 12.4 Å². The van der Waals surface area contributed by atoms with Crippen molar-refractivity contribution in [1.29, 1.82) is 0 Å². The molecule has 0 N–H and O–H groups in total. The van der Waals surface area contributed by atoms with Gasteiger partial charge in [0.2, 0.25) is 0 Å². The van der Waals surface area contributed by atoms with Gasteiger partial charge in [-0.3, -0.25) is 4.98 Å². The summed E-state index contributed by atoms with van der Waals surface area (Å²) in [6.45, 7) is 4.65. The van der Waals surface area contributed by atoms with E-state index in [4.69, 9.17) is 0 Å². The van der Waals surface area contributed by atoms with Crippen LogP contribution in [0.5, 0.6) is 0 Å². The molecule has 2 heterocycles. The highest BCUT2D eigenvalue weighted by molar-refractivity contribution is 9.10. The maximum absolute atomic E-state index is 4.26. The van der Waals surface area contributed by atoms with E-state index in [1.165, 1.54) is 50.9 Å². The van der Waals surface area contributed by atoms with Crippen LogP contribution in [0.25, 0.3) is 0 Å². The van der Waals surface area contributed by atoms with Crippen LogP contribution in [0.3, 0.4) is 0 Å². The Balaban J connectivity index is 1.99. The van der Waals surface area contributed by atoms with Crippen molar-refractivity contribution in [3.8, 4) is 0 Å². The maximum atomic E-state index is 4.26. The third kappa shape index (κ3) is 3.70. The number of anilines is 1. The van der Waals surface area contributed by atoms with Gasteiger partial charge in [0.05, 0.1) is 11.9 Å². The number of hydrogen-bond acceptors (Lipinski definition) is 2. The van der Waals surface area contributed by atoms with Gasteiger partial charge in [0.1, 0.15) is 0 Å². The second-order valence-electron chi connectivity index (χ2n) is 4.93. The number of halogens is 1. The minimum absolute atomic E-state index is 0.935. The summed E-state index contributed by atoms with van der Waals surface area (Å²) in [4.78, 5) is 6.74. The fraction of sp³-hybridized carbons (Fsp3) is 0.643. The Bertz CT molecular complexity index is 354. The molecule has 0 spiro atoms. The van der Waals surface area contributed by atoms with Gasteiger partial charge < -0.3 is 4.90 Å². The third-order valence-corrected chi connectivity index (χ3v) is 4.03. The van der Waals surface area contributed by atoms with Gasteiger partial charge in [-0.25, -0.2) is 0 Å². The standard InChI is InChI=1S/C14H21BrN2/c1-2-4-12-5-3-7-17(8-6-12)14-9-13(15)10-16-11-14/h9-12H,2-8H2,1H3. The normalized spacial score (nSPS) is 21.3. The van der Waals surface area contributed by atoms with Crippen molar-refractivity contribution >= 4 is 21.6 Å². The molecule has 1 aliphatic heterocycles. The molecular formula is C14H21BrN2. The second-order valence-corrected chi connectivity index (χ2v) is 5.85. The molecule has 1 aromatic heterocycles. The molecule has 1 atom stereocenters. The molecule has 2 rings (SSSR count). The van der Waals surface area contributed by atoms with Crippen molar-refractivity contribution in [2.75, 3.05) is 18.0 Å². The fourth-order valence-corrected chi connectivity index (χ4v) is 3.05. The number of pyridine rings is 1. The lowest BCUT2D eigenvalue weighted by molar-refractivity contribution is 0.435. The molecule has 1 saturated heterocycles. The predicted molar refractivity (Wildman–Crippen MR) is 76.4 cm³/mol. The Kier molecular flexibility index (Phi) is 4.84. The highest BCUT2D eigenvalue weighted by Gasteiger charge is 2.16. The van der Waals surface area contributed by atoms with E-state index in [-0.39, 0.29) is 0 Å². The SMILES string of the molecule is CCCC1CCCN(c2cncc(Br)c2)CC1. The van der Waals surface area contributed by atoms with Crippen molar-refractivity contribution in [2.24, 2.45) is 5.92 Å². The summed E-state index contributed by atoms with van der Waals surface area (Å²) in [6.07, 6.45) is 10.6. The van der Waals surface area contributed by atoms with Crippen molar-refractivity contribution < 1.29 is 0 Å². The largest absolute Gasteiger partial charge is 0.370 e. The number of nitrogens with zero attached hydrogens (tertiary/aromatic N) is 2. The van der Waals surface area contributed by atoms with Crippen LogP contribution in [0.15, 0.2) is 22.9 Å². The van der Waals surface area contributed by atoms with Gasteiger partial charge in [-0.15, -0.1) is 0 Å². The van der Waals surface area contributed by atoms with Crippen molar-refractivity contribution in [3.63, 3.8) is 0 Å². The lowest BCUT2D eigenvalue weighted by atomic mass is 9.96. The monoisotopic (exact) mass is 296 g/mol. The van der Waals surface area contributed by atoms with Crippen LogP contribution in [0.2, 0.25) is 0 Å². The molecule has 0 radical (unpaired) electrons. The summed E-state index contributed by atoms with van der Waals surface area (Å²) >= 11 is 3.50. The molecule has 1 aromatic rings. The van der Waals surface area contributed by atoms with Crippen LogP contribution in [0.4, 0.5) is 5.69 Å². The molecule has 1 unspecified atom stereocenters. The average molecular weight is 297 g/mol. The minimum atomic E-state index is 0.935. The zero-order valence-electron chi connectivity index (χ0n) is 10.5. The first-order valence-electron chi connectivity index (χ1n) is 6.65. The van der Waals surface area contributed by atoms with Crippen LogP contribution in [0.1, 0.15) is 39.0 Å². The van der Waals surface area contributed by atoms with E-state index in [2.05, 4.69) is 38.8 Å². The van der Waals surface area contributed by atoms with Gasteiger partial charge in [-0.05, 0) is 47.2 Å². The van der Waals surface area contributed by atoms with Gasteiger partial charge >= 0.3 is 0 Å².